The van der Waals surface area contributed by atoms with Gasteiger partial charge in [0.05, 0.1) is 7.11 Å². The maximum Gasteiger partial charge on any atom is 0.251 e. The van der Waals surface area contributed by atoms with Gasteiger partial charge < -0.3 is 25.4 Å². The molecule has 0 saturated heterocycles. The van der Waals surface area contributed by atoms with Gasteiger partial charge in [-0.1, -0.05) is 35.9 Å². The van der Waals surface area contributed by atoms with Crippen LogP contribution in [0.3, 0.4) is 0 Å². The molecule has 0 fully saturated rings. The Bertz CT molecular complexity index is 1450. The zero-order valence-electron chi connectivity index (χ0n) is 24.0. The van der Waals surface area contributed by atoms with Gasteiger partial charge in [0.15, 0.2) is 0 Å². The van der Waals surface area contributed by atoms with Crippen molar-refractivity contribution >= 4 is 17.5 Å². The maximum atomic E-state index is 13.3. The average molecular weight is 552 g/mol. The fourth-order valence-corrected chi connectivity index (χ4v) is 4.52. The Morgan fingerprint density at radius 3 is 2.07 bits per heavy atom. The molecule has 0 aromatic heterocycles. The molecule has 212 valence electrons. The fraction of sp³-hybridized carbons (Fsp3) is 0.235. The second-order valence-electron chi connectivity index (χ2n) is 10.1. The molecule has 0 aliphatic rings. The molecule has 0 bridgehead atoms. The highest BCUT2D eigenvalue weighted by Gasteiger charge is 2.22. The molecule has 0 aliphatic carbocycles. The Morgan fingerprint density at radius 1 is 0.732 bits per heavy atom. The summed E-state index contributed by atoms with van der Waals surface area (Å²) in [7, 11) is 1.63. The smallest absolute Gasteiger partial charge is 0.251 e. The molecule has 0 aliphatic heterocycles. The van der Waals surface area contributed by atoms with Crippen LogP contribution >= 0.6 is 0 Å². The van der Waals surface area contributed by atoms with Crippen LogP contribution < -0.4 is 25.4 Å². The summed E-state index contributed by atoms with van der Waals surface area (Å²) in [5.74, 6) is 1.72. The van der Waals surface area contributed by atoms with Gasteiger partial charge in [-0.15, -0.1) is 0 Å². The standard InChI is InChI=1S/C34H37N3O4/c1-23-6-5-7-27(19-23)33(38)37-32(34(39)36-17-16-35-28-10-14-29(40-4)15-11-28)22-26-8-12-30(13-9-26)41-31-20-24(2)18-25(3)21-31/h5-15,18-21,32,35H,16-17,22H2,1-4H3,(H,36,39)(H,37,38). The normalized spacial score (nSPS) is 11.3. The number of rotatable bonds is 12. The minimum Gasteiger partial charge on any atom is -0.497 e. The molecule has 0 radical (unpaired) electrons. The molecule has 1 unspecified atom stereocenters. The highest BCUT2D eigenvalue weighted by molar-refractivity contribution is 5.97. The lowest BCUT2D eigenvalue weighted by Gasteiger charge is -2.19. The Kier molecular flexibility index (Phi) is 9.99. The van der Waals surface area contributed by atoms with E-state index in [4.69, 9.17) is 9.47 Å². The molecule has 41 heavy (non-hydrogen) atoms. The van der Waals surface area contributed by atoms with Crippen molar-refractivity contribution in [3.05, 3.63) is 119 Å². The van der Waals surface area contributed by atoms with E-state index in [1.165, 1.54) is 0 Å². The van der Waals surface area contributed by atoms with Crippen molar-refractivity contribution in [3.8, 4) is 17.2 Å². The Balaban J connectivity index is 1.40. The van der Waals surface area contributed by atoms with E-state index >= 15 is 0 Å². The molecule has 7 heteroatoms. The zero-order chi connectivity index (χ0) is 29.2. The number of benzene rings is 4. The summed E-state index contributed by atoms with van der Waals surface area (Å²) in [5, 5.41) is 9.16. The molecule has 0 heterocycles. The third-order valence-corrected chi connectivity index (χ3v) is 6.54. The maximum absolute atomic E-state index is 13.3. The third kappa shape index (κ3) is 8.86. The van der Waals surface area contributed by atoms with Crippen LogP contribution in [0.25, 0.3) is 0 Å². The van der Waals surface area contributed by atoms with Crippen LogP contribution in [0, 0.1) is 20.8 Å². The second kappa shape index (κ2) is 14.0. The lowest BCUT2D eigenvalue weighted by Crippen LogP contribution is -2.48. The highest BCUT2D eigenvalue weighted by Crippen LogP contribution is 2.24. The van der Waals surface area contributed by atoms with E-state index in [-0.39, 0.29) is 11.8 Å². The van der Waals surface area contributed by atoms with E-state index in [0.717, 1.165) is 39.4 Å². The summed E-state index contributed by atoms with van der Waals surface area (Å²) in [6, 6.07) is 27.8. The van der Waals surface area contributed by atoms with Crippen molar-refractivity contribution in [2.24, 2.45) is 0 Å². The quantitative estimate of drug-likeness (QED) is 0.189. The van der Waals surface area contributed by atoms with Crippen LogP contribution in [0.5, 0.6) is 17.2 Å². The molecule has 4 rings (SSSR count). The van der Waals surface area contributed by atoms with Crippen molar-refractivity contribution in [1.82, 2.24) is 10.6 Å². The topological polar surface area (TPSA) is 88.7 Å². The van der Waals surface area contributed by atoms with Gasteiger partial charge in [0.25, 0.3) is 5.91 Å². The number of carbonyl (C=O) groups is 2. The molecule has 0 saturated carbocycles. The molecule has 3 N–H and O–H groups in total. The number of carbonyl (C=O) groups excluding carboxylic acids is 2. The monoisotopic (exact) mass is 551 g/mol. The molecular formula is C34H37N3O4. The fourth-order valence-electron chi connectivity index (χ4n) is 4.52. The van der Waals surface area contributed by atoms with E-state index in [1.807, 2.05) is 99.6 Å². The van der Waals surface area contributed by atoms with Crippen molar-refractivity contribution in [1.29, 1.82) is 0 Å². The van der Waals surface area contributed by atoms with Crippen LogP contribution in [-0.2, 0) is 11.2 Å². The first-order chi connectivity index (χ1) is 19.8. The van der Waals surface area contributed by atoms with E-state index in [0.29, 0.717) is 30.8 Å². The van der Waals surface area contributed by atoms with Crippen molar-refractivity contribution in [2.75, 3.05) is 25.5 Å². The first kappa shape index (κ1) is 29.2. The zero-order valence-corrected chi connectivity index (χ0v) is 24.0. The number of ether oxygens (including phenoxy) is 2. The average Bonchev–Trinajstić information content (AvgIpc) is 2.95. The summed E-state index contributed by atoms with van der Waals surface area (Å²) in [4.78, 5) is 26.3. The van der Waals surface area contributed by atoms with E-state index < -0.39 is 6.04 Å². The van der Waals surface area contributed by atoms with Gasteiger partial charge >= 0.3 is 0 Å². The van der Waals surface area contributed by atoms with Crippen LogP contribution in [0.4, 0.5) is 5.69 Å². The lowest BCUT2D eigenvalue weighted by molar-refractivity contribution is -0.122. The van der Waals surface area contributed by atoms with Crippen molar-refractivity contribution < 1.29 is 19.1 Å². The first-order valence-corrected chi connectivity index (χ1v) is 13.7. The van der Waals surface area contributed by atoms with Gasteiger partial charge in [0.2, 0.25) is 5.91 Å². The third-order valence-electron chi connectivity index (χ3n) is 6.54. The van der Waals surface area contributed by atoms with Crippen molar-refractivity contribution in [3.63, 3.8) is 0 Å². The van der Waals surface area contributed by atoms with E-state index in [2.05, 4.69) is 22.0 Å². The van der Waals surface area contributed by atoms with Gasteiger partial charge in [-0.3, -0.25) is 9.59 Å². The Morgan fingerprint density at radius 2 is 1.41 bits per heavy atom. The van der Waals surface area contributed by atoms with Gasteiger partial charge in [-0.2, -0.15) is 0 Å². The number of methoxy groups -OCH3 is 1. The number of anilines is 1. The summed E-state index contributed by atoms with van der Waals surface area (Å²) in [5.41, 5.74) is 5.58. The number of hydrogen-bond acceptors (Lipinski definition) is 5. The molecular weight excluding hydrogens is 514 g/mol. The molecule has 0 spiro atoms. The van der Waals surface area contributed by atoms with Crippen molar-refractivity contribution in [2.45, 2.75) is 33.2 Å². The predicted octanol–water partition coefficient (Wildman–Crippen LogP) is 5.98. The molecule has 1 atom stereocenters. The molecule has 2 amide bonds. The summed E-state index contributed by atoms with van der Waals surface area (Å²) in [6.45, 7) is 6.92. The lowest BCUT2D eigenvalue weighted by atomic mass is 10.0. The predicted molar refractivity (Wildman–Crippen MR) is 163 cm³/mol. The van der Waals surface area contributed by atoms with Crippen LogP contribution in [0.2, 0.25) is 0 Å². The van der Waals surface area contributed by atoms with E-state index in [1.54, 1.807) is 13.2 Å². The molecule has 7 nitrogen and oxygen atoms in total. The summed E-state index contributed by atoms with van der Waals surface area (Å²) < 4.78 is 11.2. The minimum absolute atomic E-state index is 0.252. The van der Waals surface area contributed by atoms with Gasteiger partial charge in [-0.25, -0.2) is 0 Å². The Hall–Kier alpha value is -4.78. The Labute approximate surface area is 241 Å². The number of nitrogens with one attached hydrogen (secondary N) is 3. The number of hydrogen-bond donors (Lipinski definition) is 3. The SMILES string of the molecule is COc1ccc(NCCNC(=O)C(Cc2ccc(Oc3cc(C)cc(C)c3)cc2)NC(=O)c2cccc(C)c2)cc1. The summed E-state index contributed by atoms with van der Waals surface area (Å²) in [6.07, 6.45) is 0.332. The van der Waals surface area contributed by atoms with Gasteiger partial charge in [0.1, 0.15) is 23.3 Å². The molecule has 4 aromatic rings. The van der Waals surface area contributed by atoms with Crippen LogP contribution in [0.15, 0.2) is 91.0 Å². The number of amides is 2. The minimum atomic E-state index is -0.754. The number of aryl methyl sites for hydroxylation is 3. The van der Waals surface area contributed by atoms with Crippen LogP contribution in [-0.4, -0.2) is 38.1 Å². The van der Waals surface area contributed by atoms with Gasteiger partial charge in [-0.05, 0) is 98.1 Å². The highest BCUT2D eigenvalue weighted by atomic mass is 16.5. The summed E-state index contributed by atoms with van der Waals surface area (Å²) >= 11 is 0. The largest absolute Gasteiger partial charge is 0.497 e. The first-order valence-electron chi connectivity index (χ1n) is 13.7. The van der Waals surface area contributed by atoms with E-state index in [9.17, 15) is 9.59 Å². The second-order valence-corrected chi connectivity index (χ2v) is 10.1. The van der Waals surface area contributed by atoms with Gasteiger partial charge in [0, 0.05) is 30.8 Å². The molecule has 4 aromatic carbocycles. The van der Waals surface area contributed by atoms with Crippen LogP contribution in [0.1, 0.15) is 32.6 Å².